The van der Waals surface area contributed by atoms with Gasteiger partial charge in [0.05, 0.1) is 95.3 Å². The van der Waals surface area contributed by atoms with E-state index in [-0.39, 0.29) is 55.8 Å². The normalized spacial score (nSPS) is 50.1. The molecule has 6 heterocycles. The second kappa shape index (κ2) is 35.2. The summed E-state index contributed by atoms with van der Waals surface area (Å²) in [4.78, 5) is 59.3. The Balaban J connectivity index is 0.000000364. The first kappa shape index (κ1) is 89.0. The molecule has 0 aromatic heterocycles. The standard InChI is InChI=1S/C37H67NO13.C36H65NO13/c1-18-16-36(9,46-14)32(51-34-28(40)25(38(11)12)15-19(2)47-34)21(4)29(50-26-17-35(8,45-13)31(42)23(6)48-26)22(5)33(43)49-24(7)37(10,44)30(41)20(3)27(18)39;1-17-15-34(8,43)31(50-33-27(39)24(37(11)12)14-18(2)46-33)20(4)28(49-25-16-35(9,45-13)30(41)22(6)47-25)21(5)32(42)48-23(7)36(10,44)29(40)19(3)26(17)38/h18-26,28-32,34,40-42,44H,15-17H2,1-14H3;17-25,27-31,33,39-41,43-44H,14-16H2,1-13H3/t18-,19-,20+,21+,22-,23+,24-,25+,26+,28-,29+,30-,31+,32-,34+,35-,36-,37-;17-,18-,19+,20+,21-,22+,23-,24+,25+,27-,28+,29-,30+,31-,33+,34-,35-,36-/m11/s1. The molecule has 0 amide bonds. The van der Waals surface area contributed by atoms with Crippen molar-refractivity contribution in [3.63, 3.8) is 0 Å². The summed E-state index contributed by atoms with van der Waals surface area (Å²) in [6.07, 6.45) is -18.8. The monoisotopic (exact) mass is 1450 g/mol. The summed E-state index contributed by atoms with van der Waals surface area (Å²) in [5, 5.41) is 102. The van der Waals surface area contributed by atoms with Crippen molar-refractivity contribution in [3.8, 4) is 0 Å². The number of ketones is 2. The molecule has 590 valence electrons. The molecular formula is C73H132N2O26. The molecule has 0 bridgehead atoms. The zero-order valence-electron chi connectivity index (χ0n) is 65.4. The quantitative estimate of drug-likeness (QED) is 0.119. The van der Waals surface area contributed by atoms with Crippen molar-refractivity contribution in [3.05, 3.63) is 0 Å². The topological polar surface area (TPSA) is 377 Å². The molecule has 36 atom stereocenters. The van der Waals surface area contributed by atoms with Crippen LogP contribution in [0.25, 0.3) is 0 Å². The van der Waals surface area contributed by atoms with Crippen LogP contribution in [0.3, 0.4) is 0 Å². The Morgan fingerprint density at radius 3 is 1.08 bits per heavy atom. The minimum absolute atomic E-state index is 0.0924. The zero-order chi connectivity index (χ0) is 77.2. The molecule has 0 aromatic carbocycles. The van der Waals surface area contributed by atoms with Crippen LogP contribution in [-0.4, -0.2) is 297 Å². The van der Waals surface area contributed by atoms with Crippen LogP contribution in [0.4, 0.5) is 0 Å². The van der Waals surface area contributed by atoms with E-state index in [1.54, 1.807) is 69.2 Å². The molecule has 6 saturated heterocycles. The van der Waals surface area contributed by atoms with E-state index in [4.69, 9.17) is 61.6 Å². The van der Waals surface area contributed by atoms with Gasteiger partial charge in [-0.3, -0.25) is 19.2 Å². The number of esters is 2. The smallest absolute Gasteiger partial charge is 0.311 e. The van der Waals surface area contributed by atoms with Gasteiger partial charge in [0.1, 0.15) is 59.4 Å². The van der Waals surface area contributed by atoms with Crippen LogP contribution in [0, 0.1) is 47.3 Å². The summed E-state index contributed by atoms with van der Waals surface area (Å²) in [6, 6.07) is -0.606. The van der Waals surface area contributed by atoms with Crippen LogP contribution < -0.4 is 0 Å². The molecule has 0 aliphatic carbocycles. The Bertz CT molecular complexity index is 2670. The SMILES string of the molecule is CO[C@]1(C)C[C@@H](C)C(=O)[C@H](C)[C@@H](O)[C@](C)(O)[C@@H](C)OC(=O)[C@H](C)[C@@H](O[C@H]2C[C@@](C)(OC)[C@@H](O)[C@H](C)O2)[C@H](C)[C@H]1O[C@@H]1O[C@H](C)C[C@H](N(C)C)[C@H]1O.CO[C@]1(C)C[C@H](O[C@H]2[C@H](C)[C@@H](O[C@@H]3O[C@H](C)C[C@H](N(C)C)[C@H]3O)[C@](C)(O)C[C@@H](C)C(=O)[C@H](C)[C@@H](O)[C@](C)(O)[C@@H](C)OC(=O)[C@@H]2C)O[C@@H](C)[C@@H]1O. The summed E-state index contributed by atoms with van der Waals surface area (Å²) < 4.78 is 80.4. The molecule has 0 aromatic rings. The van der Waals surface area contributed by atoms with Crippen LogP contribution in [0.5, 0.6) is 0 Å². The van der Waals surface area contributed by atoms with Gasteiger partial charge in [0, 0.05) is 81.8 Å². The molecule has 6 aliphatic heterocycles. The Labute approximate surface area is 600 Å². The van der Waals surface area contributed by atoms with Gasteiger partial charge >= 0.3 is 11.9 Å². The number of likely N-dealkylation sites (N-methyl/N-ethyl adjacent to an activating group) is 2. The third kappa shape index (κ3) is 20.0. The number of aliphatic hydroxyl groups excluding tert-OH is 6. The summed E-state index contributed by atoms with van der Waals surface area (Å²) >= 11 is 0. The molecule has 101 heavy (non-hydrogen) atoms. The Morgan fingerprint density at radius 2 is 0.743 bits per heavy atom. The van der Waals surface area contributed by atoms with Gasteiger partial charge in [-0.1, -0.05) is 41.5 Å². The minimum Gasteiger partial charge on any atom is -0.459 e. The van der Waals surface area contributed by atoms with Gasteiger partial charge in [-0.05, 0) is 151 Å². The van der Waals surface area contributed by atoms with E-state index in [0.717, 1.165) is 0 Å². The fourth-order valence-electron chi connectivity index (χ4n) is 16.2. The molecule has 28 nitrogen and oxygen atoms in total. The van der Waals surface area contributed by atoms with Gasteiger partial charge in [-0.15, -0.1) is 0 Å². The van der Waals surface area contributed by atoms with Crippen molar-refractivity contribution < 1.29 is 127 Å². The van der Waals surface area contributed by atoms with E-state index in [9.17, 15) is 65.1 Å². The first-order valence-corrected chi connectivity index (χ1v) is 36.3. The van der Waals surface area contributed by atoms with E-state index < -0.39 is 209 Å². The Hall–Kier alpha value is -2.60. The average Bonchev–Trinajstić information content (AvgIpc) is 0.781. The van der Waals surface area contributed by atoms with E-state index in [0.29, 0.717) is 12.8 Å². The summed E-state index contributed by atoms with van der Waals surface area (Å²) in [6.45, 7) is 32.7. The lowest BCUT2D eigenvalue weighted by atomic mass is 9.74. The largest absolute Gasteiger partial charge is 0.459 e. The minimum atomic E-state index is -2.00. The molecule has 0 spiro atoms. The number of nitrogens with zero attached hydrogens (tertiary/aromatic N) is 2. The first-order valence-electron chi connectivity index (χ1n) is 36.3. The second-order valence-corrected chi connectivity index (χ2v) is 32.6. The summed E-state index contributed by atoms with van der Waals surface area (Å²) in [7, 11) is 11.9. The highest BCUT2D eigenvalue weighted by atomic mass is 16.7. The number of rotatable bonds is 13. The summed E-state index contributed by atoms with van der Waals surface area (Å²) in [5.74, 6) is -9.50. The van der Waals surface area contributed by atoms with Crippen LogP contribution >= 0.6 is 0 Å². The number of hydrogen-bond acceptors (Lipinski definition) is 28. The predicted octanol–water partition coefficient (Wildman–Crippen LogP) is 3.45. The van der Waals surface area contributed by atoms with Crippen molar-refractivity contribution in [2.24, 2.45) is 47.3 Å². The summed E-state index contributed by atoms with van der Waals surface area (Å²) in [5.41, 5.74) is -9.10. The fraction of sp³-hybridized carbons (Fsp3) is 0.945. The highest BCUT2D eigenvalue weighted by molar-refractivity contribution is 5.84. The lowest BCUT2D eigenvalue weighted by molar-refractivity contribution is -0.319. The Morgan fingerprint density at radius 1 is 0.416 bits per heavy atom. The number of hydrogen-bond donors (Lipinski definition) is 9. The molecule has 0 unspecified atom stereocenters. The van der Waals surface area contributed by atoms with Crippen LogP contribution in [0.2, 0.25) is 0 Å². The van der Waals surface area contributed by atoms with E-state index in [1.165, 1.54) is 69.8 Å². The molecule has 6 rings (SSSR count). The number of carbonyl (C=O) groups is 4. The van der Waals surface area contributed by atoms with Crippen LogP contribution in [-0.2, 0) is 80.8 Å². The molecule has 6 fully saturated rings. The van der Waals surface area contributed by atoms with E-state index in [1.807, 2.05) is 58.8 Å². The highest BCUT2D eigenvalue weighted by Crippen LogP contribution is 2.45. The van der Waals surface area contributed by atoms with Gasteiger partial charge in [0.25, 0.3) is 0 Å². The number of ether oxygens (including phenoxy) is 13. The zero-order valence-corrected chi connectivity index (χ0v) is 65.4. The van der Waals surface area contributed by atoms with Gasteiger partial charge in [-0.25, -0.2) is 0 Å². The van der Waals surface area contributed by atoms with Crippen LogP contribution in [0.15, 0.2) is 0 Å². The number of carbonyl (C=O) groups excluding carboxylic acids is 4. The van der Waals surface area contributed by atoms with Gasteiger partial charge < -0.3 is 117 Å². The van der Waals surface area contributed by atoms with Gasteiger partial charge in [0.15, 0.2) is 25.2 Å². The van der Waals surface area contributed by atoms with E-state index >= 15 is 0 Å². The van der Waals surface area contributed by atoms with Crippen LogP contribution in [0.1, 0.15) is 177 Å². The third-order valence-electron chi connectivity index (χ3n) is 23.8. The Kier molecular flexibility index (Phi) is 31.0. The van der Waals surface area contributed by atoms with Crippen molar-refractivity contribution in [2.45, 2.75) is 346 Å². The van der Waals surface area contributed by atoms with E-state index in [2.05, 4.69) is 0 Å². The lowest BCUT2D eigenvalue weighted by Crippen LogP contribution is -2.61. The van der Waals surface area contributed by atoms with Gasteiger partial charge in [-0.2, -0.15) is 0 Å². The second-order valence-electron chi connectivity index (χ2n) is 32.6. The first-order chi connectivity index (χ1) is 46.3. The molecule has 6 aliphatic rings. The molecular weight excluding hydrogens is 1320 g/mol. The van der Waals surface area contributed by atoms with Gasteiger partial charge in [0.2, 0.25) is 0 Å². The molecule has 0 radical (unpaired) electrons. The average molecular weight is 1450 g/mol. The molecule has 0 saturated carbocycles. The predicted molar refractivity (Wildman–Crippen MR) is 368 cm³/mol. The number of cyclic esters (lactones) is 2. The number of Topliss-reactive ketones (excluding diaryl/α,β-unsaturated/α-hetero) is 2. The van der Waals surface area contributed by atoms with Crippen molar-refractivity contribution in [1.82, 2.24) is 9.80 Å². The third-order valence-corrected chi connectivity index (χ3v) is 23.8. The molecule has 9 N–H and O–H groups in total. The number of aliphatic hydroxyl groups is 9. The molecule has 28 heteroatoms. The highest BCUT2D eigenvalue weighted by Gasteiger charge is 2.57. The van der Waals surface area contributed by atoms with Crippen molar-refractivity contribution in [1.29, 1.82) is 0 Å². The van der Waals surface area contributed by atoms with Crippen molar-refractivity contribution in [2.75, 3.05) is 49.5 Å². The number of methoxy groups -OCH3 is 3. The maximum Gasteiger partial charge on any atom is 0.311 e. The maximum absolute atomic E-state index is 14.0. The van der Waals surface area contributed by atoms with Crippen molar-refractivity contribution >= 4 is 23.5 Å². The maximum atomic E-state index is 14.0. The fourth-order valence-corrected chi connectivity index (χ4v) is 16.2. The lowest BCUT2D eigenvalue weighted by Gasteiger charge is -2.49.